The molecule has 7 nitrogen and oxygen atoms in total. The molecule has 22 heavy (non-hydrogen) atoms. The van der Waals surface area contributed by atoms with Crippen molar-refractivity contribution in [2.24, 2.45) is 5.73 Å². The van der Waals surface area contributed by atoms with Gasteiger partial charge in [0.25, 0.3) is 5.91 Å². The Morgan fingerprint density at radius 2 is 2.23 bits per heavy atom. The summed E-state index contributed by atoms with van der Waals surface area (Å²) < 4.78 is 10.1. The monoisotopic (exact) mass is 327 g/mol. The number of ether oxygens (including phenoxy) is 2. The molecule has 8 heteroatoms. The average Bonchev–Trinajstić information content (AvgIpc) is 2.92. The van der Waals surface area contributed by atoms with E-state index in [1.54, 1.807) is 0 Å². The summed E-state index contributed by atoms with van der Waals surface area (Å²) in [6, 6.07) is 1.46. The fourth-order valence-corrected chi connectivity index (χ4v) is 2.98. The Kier molecular flexibility index (Phi) is 4.87. The number of hydrogen-bond acceptors (Lipinski definition) is 5. The van der Waals surface area contributed by atoms with Crippen LogP contribution in [0.15, 0.2) is 12.3 Å². The molecule has 0 radical (unpaired) electrons. The third-order valence-electron chi connectivity index (χ3n) is 3.82. The third-order valence-corrected chi connectivity index (χ3v) is 4.09. The molecule has 1 saturated heterocycles. The number of primary amides is 1. The molecule has 2 heterocycles. The van der Waals surface area contributed by atoms with Gasteiger partial charge in [-0.2, -0.15) is 0 Å². The summed E-state index contributed by atoms with van der Waals surface area (Å²) in [5.41, 5.74) is 4.67. The topological polar surface area (TPSA) is 94.8 Å². The summed E-state index contributed by atoms with van der Waals surface area (Å²) in [5.74, 6) is -0.698. The quantitative estimate of drug-likeness (QED) is 0.865. The van der Waals surface area contributed by atoms with Crippen molar-refractivity contribution in [3.8, 4) is 5.88 Å². The second-order valence-corrected chi connectivity index (χ2v) is 5.51. The molecule has 2 rings (SSSR count). The number of hydrogen-bond donors (Lipinski definition) is 1. The summed E-state index contributed by atoms with van der Waals surface area (Å²) in [6.07, 6.45) is 2.51. The number of rotatable bonds is 5. The van der Waals surface area contributed by atoms with Crippen LogP contribution in [0.5, 0.6) is 5.88 Å². The van der Waals surface area contributed by atoms with Crippen molar-refractivity contribution < 1.29 is 19.1 Å². The van der Waals surface area contributed by atoms with Crippen molar-refractivity contribution in [2.75, 3.05) is 27.4 Å². The zero-order valence-corrected chi connectivity index (χ0v) is 13.2. The lowest BCUT2D eigenvalue weighted by atomic mass is 9.95. The van der Waals surface area contributed by atoms with Crippen LogP contribution in [0.25, 0.3) is 0 Å². The molecule has 120 valence electrons. The van der Waals surface area contributed by atoms with E-state index in [2.05, 4.69) is 4.98 Å². The summed E-state index contributed by atoms with van der Waals surface area (Å²) >= 11 is 6.00. The molecule has 0 spiro atoms. The largest absolute Gasteiger partial charge is 0.480 e. The number of methoxy groups -OCH3 is 2. The van der Waals surface area contributed by atoms with Gasteiger partial charge in [0.1, 0.15) is 10.6 Å². The van der Waals surface area contributed by atoms with Crippen LogP contribution in [-0.4, -0.2) is 54.6 Å². The van der Waals surface area contributed by atoms with Gasteiger partial charge in [-0.1, -0.05) is 11.6 Å². The number of aromatic nitrogens is 1. The van der Waals surface area contributed by atoms with E-state index in [-0.39, 0.29) is 29.0 Å². The lowest BCUT2D eigenvalue weighted by Gasteiger charge is -2.35. The molecule has 0 bridgehead atoms. The summed E-state index contributed by atoms with van der Waals surface area (Å²) in [6.45, 7) is 0.486. The van der Waals surface area contributed by atoms with E-state index in [0.29, 0.717) is 19.4 Å². The maximum Gasteiger partial charge on any atom is 0.256 e. The lowest BCUT2D eigenvalue weighted by Crippen LogP contribution is -2.58. The molecule has 1 aliphatic rings. The first-order valence-corrected chi connectivity index (χ1v) is 7.14. The zero-order chi connectivity index (χ0) is 16.3. The highest BCUT2D eigenvalue weighted by molar-refractivity contribution is 6.32. The molecule has 1 unspecified atom stereocenters. The van der Waals surface area contributed by atoms with Crippen LogP contribution in [0.1, 0.15) is 23.2 Å². The van der Waals surface area contributed by atoms with Crippen LogP contribution in [-0.2, 0) is 9.53 Å². The van der Waals surface area contributed by atoms with Crippen LogP contribution in [0, 0.1) is 0 Å². The Morgan fingerprint density at radius 1 is 1.50 bits per heavy atom. The zero-order valence-electron chi connectivity index (χ0n) is 12.5. The van der Waals surface area contributed by atoms with Crippen LogP contribution in [0.4, 0.5) is 0 Å². The van der Waals surface area contributed by atoms with Gasteiger partial charge < -0.3 is 20.1 Å². The molecule has 0 saturated carbocycles. The number of nitrogens with two attached hydrogens (primary N) is 1. The van der Waals surface area contributed by atoms with Gasteiger partial charge in [-0.3, -0.25) is 9.59 Å². The number of likely N-dealkylation sites (tertiary alicyclic amines) is 1. The maximum absolute atomic E-state index is 12.7. The van der Waals surface area contributed by atoms with Crippen LogP contribution >= 0.6 is 11.6 Å². The van der Waals surface area contributed by atoms with Crippen LogP contribution < -0.4 is 10.5 Å². The van der Waals surface area contributed by atoms with Crippen molar-refractivity contribution in [3.63, 3.8) is 0 Å². The standard InChI is InChI=1S/C14H18ClN3O4/c1-21-8-14(13(16)20)4-3-5-18(14)12(19)9-6-10(15)11(22-2)17-7-9/h6-7H,3-5,8H2,1-2H3,(H2,16,20). The van der Waals surface area contributed by atoms with Crippen LogP contribution in [0.3, 0.4) is 0 Å². The van der Waals surface area contributed by atoms with E-state index < -0.39 is 11.4 Å². The second kappa shape index (κ2) is 6.50. The van der Waals surface area contributed by atoms with Crippen molar-refractivity contribution in [1.82, 2.24) is 9.88 Å². The highest BCUT2D eigenvalue weighted by Gasteiger charge is 2.48. The molecule has 1 aromatic heterocycles. The average molecular weight is 328 g/mol. The van der Waals surface area contributed by atoms with Crippen molar-refractivity contribution in [3.05, 3.63) is 22.8 Å². The van der Waals surface area contributed by atoms with E-state index in [1.807, 2.05) is 0 Å². The SMILES string of the molecule is COCC1(C(N)=O)CCCN1C(=O)c1cnc(OC)c(Cl)c1. The molecular formula is C14H18ClN3O4. The van der Waals surface area contributed by atoms with Gasteiger partial charge in [-0.05, 0) is 18.9 Å². The Labute approximate surface area is 133 Å². The van der Waals surface area contributed by atoms with E-state index in [9.17, 15) is 9.59 Å². The molecule has 1 aromatic rings. The Balaban J connectivity index is 2.35. The predicted octanol–water partition coefficient (Wildman–Crippen LogP) is 0.850. The number of halogens is 1. The molecule has 1 aliphatic heterocycles. The lowest BCUT2D eigenvalue weighted by molar-refractivity contribution is -0.130. The molecule has 0 aliphatic carbocycles. The van der Waals surface area contributed by atoms with Gasteiger partial charge in [-0.25, -0.2) is 4.98 Å². The highest BCUT2D eigenvalue weighted by atomic mass is 35.5. The third kappa shape index (κ3) is 2.74. The first kappa shape index (κ1) is 16.5. The first-order valence-electron chi connectivity index (χ1n) is 6.76. The minimum absolute atomic E-state index is 0.0609. The smallest absolute Gasteiger partial charge is 0.256 e. The van der Waals surface area contributed by atoms with Crippen LogP contribution in [0.2, 0.25) is 5.02 Å². The van der Waals surface area contributed by atoms with Gasteiger partial charge in [0.05, 0.1) is 19.3 Å². The van der Waals surface area contributed by atoms with Gasteiger partial charge in [0.2, 0.25) is 11.8 Å². The van der Waals surface area contributed by atoms with Gasteiger partial charge in [-0.15, -0.1) is 0 Å². The molecule has 1 atom stereocenters. The minimum Gasteiger partial charge on any atom is -0.480 e. The van der Waals surface area contributed by atoms with Gasteiger partial charge in [0.15, 0.2) is 0 Å². The van der Waals surface area contributed by atoms with Gasteiger partial charge in [0, 0.05) is 19.9 Å². The number of pyridine rings is 1. The molecule has 2 amide bonds. The van der Waals surface area contributed by atoms with Crippen molar-refractivity contribution in [2.45, 2.75) is 18.4 Å². The minimum atomic E-state index is -1.13. The molecular weight excluding hydrogens is 310 g/mol. The fraction of sp³-hybridized carbons (Fsp3) is 0.500. The van der Waals surface area contributed by atoms with Crippen molar-refractivity contribution >= 4 is 23.4 Å². The number of amides is 2. The van der Waals surface area contributed by atoms with E-state index in [1.165, 1.54) is 31.4 Å². The Morgan fingerprint density at radius 3 is 2.77 bits per heavy atom. The van der Waals surface area contributed by atoms with E-state index >= 15 is 0 Å². The van der Waals surface area contributed by atoms with Crippen molar-refractivity contribution in [1.29, 1.82) is 0 Å². The Bertz CT molecular complexity index is 595. The predicted molar refractivity (Wildman–Crippen MR) is 79.9 cm³/mol. The Hall–Kier alpha value is -1.86. The summed E-state index contributed by atoms with van der Waals surface area (Å²) in [4.78, 5) is 30.1. The second-order valence-electron chi connectivity index (χ2n) is 5.10. The number of carbonyl (C=O) groups excluding carboxylic acids is 2. The van der Waals surface area contributed by atoms with E-state index in [0.717, 1.165) is 0 Å². The summed E-state index contributed by atoms with van der Waals surface area (Å²) in [5, 5.41) is 0.226. The molecule has 1 fully saturated rings. The van der Waals surface area contributed by atoms with Gasteiger partial charge >= 0.3 is 0 Å². The normalized spacial score (nSPS) is 21.0. The number of carbonyl (C=O) groups is 2. The number of nitrogens with zero attached hydrogens (tertiary/aromatic N) is 2. The molecule has 0 aromatic carbocycles. The summed E-state index contributed by atoms with van der Waals surface area (Å²) in [7, 11) is 2.91. The molecule has 2 N–H and O–H groups in total. The highest BCUT2D eigenvalue weighted by Crippen LogP contribution is 2.32. The fourth-order valence-electron chi connectivity index (χ4n) is 2.74. The van der Waals surface area contributed by atoms with E-state index in [4.69, 9.17) is 26.8 Å². The first-order chi connectivity index (χ1) is 10.5. The maximum atomic E-state index is 12.7.